The van der Waals surface area contributed by atoms with Gasteiger partial charge in [0.2, 0.25) is 5.91 Å². The second kappa shape index (κ2) is 10.3. The average Bonchev–Trinajstić information content (AvgIpc) is 3.51. The Labute approximate surface area is 216 Å². The van der Waals surface area contributed by atoms with Crippen molar-refractivity contribution in [3.8, 4) is 10.8 Å². The highest BCUT2D eigenvalue weighted by atomic mass is 32.1. The first-order valence-electron chi connectivity index (χ1n) is 11.8. The van der Waals surface area contributed by atoms with Crippen molar-refractivity contribution < 1.29 is 13.9 Å². The zero-order valence-electron chi connectivity index (χ0n) is 21.6. The maximum atomic E-state index is 14.0. The van der Waals surface area contributed by atoms with Crippen LogP contribution in [-0.2, 0) is 17.8 Å². The maximum Gasteiger partial charge on any atom is 0.332 e. The largest absolute Gasteiger partial charge is 0.496 e. The van der Waals surface area contributed by atoms with E-state index in [-0.39, 0.29) is 24.9 Å². The number of amides is 1. The molecule has 0 saturated carbocycles. The van der Waals surface area contributed by atoms with Gasteiger partial charge in [-0.15, -0.1) is 4.80 Å². The molecule has 1 amide bonds. The molecule has 0 N–H and O–H groups in total. The van der Waals surface area contributed by atoms with Crippen molar-refractivity contribution in [3.05, 3.63) is 68.4 Å². The Kier molecular flexibility index (Phi) is 7.30. The number of likely N-dealkylation sites (N-methyl/N-ethyl adjacent to an activating group) is 1. The van der Waals surface area contributed by atoms with E-state index in [1.54, 1.807) is 20.9 Å². The molecule has 12 heteroatoms. The molecule has 1 aromatic carbocycles. The molecule has 0 bridgehead atoms. The quantitative estimate of drug-likeness (QED) is 0.348. The van der Waals surface area contributed by atoms with E-state index in [4.69, 9.17) is 4.74 Å². The lowest BCUT2D eigenvalue weighted by molar-refractivity contribution is -0.134. The van der Waals surface area contributed by atoms with Crippen molar-refractivity contribution in [2.75, 3.05) is 14.2 Å². The van der Waals surface area contributed by atoms with Crippen molar-refractivity contribution in [2.24, 2.45) is 0 Å². The minimum absolute atomic E-state index is 0.113. The van der Waals surface area contributed by atoms with Crippen molar-refractivity contribution >= 4 is 27.5 Å². The van der Waals surface area contributed by atoms with E-state index in [2.05, 4.69) is 10.2 Å². The number of rotatable bonds is 8. The number of carbonyl (C=O) groups is 1. The van der Waals surface area contributed by atoms with Crippen LogP contribution in [-0.4, -0.2) is 55.1 Å². The summed E-state index contributed by atoms with van der Waals surface area (Å²) in [7, 11) is 3.13. The first-order valence-corrected chi connectivity index (χ1v) is 12.6. The Bertz CT molecular complexity index is 1570. The van der Waals surface area contributed by atoms with Gasteiger partial charge in [0.15, 0.2) is 0 Å². The van der Waals surface area contributed by atoms with Gasteiger partial charge in [0.1, 0.15) is 27.4 Å². The summed E-state index contributed by atoms with van der Waals surface area (Å²) < 4.78 is 21.8. The molecule has 0 fully saturated rings. The zero-order valence-corrected chi connectivity index (χ0v) is 22.4. The molecule has 0 saturated heterocycles. The summed E-state index contributed by atoms with van der Waals surface area (Å²) in [6, 6.07) is 3.05. The molecule has 1 unspecified atom stereocenters. The highest BCUT2D eigenvalue weighted by molar-refractivity contribution is 7.21. The first kappa shape index (κ1) is 26.3. The highest BCUT2D eigenvalue weighted by Gasteiger charge is 2.28. The molecule has 37 heavy (non-hydrogen) atoms. The summed E-state index contributed by atoms with van der Waals surface area (Å²) in [4.78, 5) is 44.0. The molecule has 4 rings (SSSR count). The molecular weight excluding hydrogens is 499 g/mol. The Morgan fingerprint density at radius 2 is 1.86 bits per heavy atom. The van der Waals surface area contributed by atoms with E-state index in [1.165, 1.54) is 63.3 Å². The van der Waals surface area contributed by atoms with Gasteiger partial charge in [0, 0.05) is 25.2 Å². The van der Waals surface area contributed by atoms with Gasteiger partial charge in [-0.25, -0.2) is 13.8 Å². The topological polar surface area (TPSA) is 104 Å². The molecule has 196 valence electrons. The van der Waals surface area contributed by atoms with E-state index < -0.39 is 23.1 Å². The smallest absolute Gasteiger partial charge is 0.332 e. The van der Waals surface area contributed by atoms with Gasteiger partial charge >= 0.3 is 5.69 Å². The molecule has 1 atom stereocenters. The fourth-order valence-corrected chi connectivity index (χ4v) is 5.47. The number of halogens is 1. The number of carbonyl (C=O) groups excluding carboxylic acids is 1. The van der Waals surface area contributed by atoms with Gasteiger partial charge in [0.05, 0.1) is 24.9 Å². The fraction of sp³-hybridized carbons (Fsp3) is 0.400. The van der Waals surface area contributed by atoms with Crippen molar-refractivity contribution in [1.29, 1.82) is 0 Å². The van der Waals surface area contributed by atoms with Crippen LogP contribution < -0.4 is 16.0 Å². The van der Waals surface area contributed by atoms with Crippen LogP contribution in [0.4, 0.5) is 4.39 Å². The molecular formula is C25H29FN6O4S. The minimum atomic E-state index is -1.03. The Morgan fingerprint density at radius 1 is 1.19 bits per heavy atom. The van der Waals surface area contributed by atoms with Gasteiger partial charge in [0.25, 0.3) is 5.56 Å². The molecule has 4 aromatic rings. The second-order valence-corrected chi connectivity index (χ2v) is 10.0. The third kappa shape index (κ3) is 4.68. The van der Waals surface area contributed by atoms with Gasteiger partial charge in [-0.05, 0) is 57.9 Å². The van der Waals surface area contributed by atoms with Gasteiger partial charge in [-0.2, -0.15) is 10.2 Å². The van der Waals surface area contributed by atoms with Crippen LogP contribution in [0.2, 0.25) is 0 Å². The molecule has 3 heterocycles. The van der Waals surface area contributed by atoms with Crippen molar-refractivity contribution in [3.63, 3.8) is 0 Å². The number of nitrogens with zero attached hydrogens (tertiary/aromatic N) is 6. The van der Waals surface area contributed by atoms with Crippen LogP contribution in [0.25, 0.3) is 15.2 Å². The third-order valence-corrected chi connectivity index (χ3v) is 7.81. The molecule has 0 aliphatic heterocycles. The van der Waals surface area contributed by atoms with Gasteiger partial charge < -0.3 is 9.64 Å². The number of fused-ring (bicyclic) bond motifs is 1. The number of aryl methyl sites for hydroxylation is 3. The van der Waals surface area contributed by atoms with Crippen LogP contribution >= 0.6 is 11.3 Å². The standard InChI is InChI=1S/C25H29FN6O4S/c1-14(2)29(5)21(33)16(4)31-22(34)20-15(3)23(32-27-10-11-28-32)37-24(20)30(25(31)35)12-9-17-13-18(26)7-8-19(17)36-6/h7-8,10-11,13-14,16H,9,12H2,1-6H3. The number of thiophene rings is 1. The summed E-state index contributed by atoms with van der Waals surface area (Å²) in [6.07, 6.45) is 3.30. The summed E-state index contributed by atoms with van der Waals surface area (Å²) >= 11 is 1.21. The number of benzene rings is 1. The predicted octanol–water partition coefficient (Wildman–Crippen LogP) is 2.93. The number of ether oxygens (including phenoxy) is 1. The van der Waals surface area contributed by atoms with E-state index in [0.717, 1.165) is 4.57 Å². The number of aromatic nitrogens is 5. The first-order chi connectivity index (χ1) is 17.6. The van der Waals surface area contributed by atoms with Crippen molar-refractivity contribution in [1.82, 2.24) is 29.0 Å². The molecule has 0 spiro atoms. The van der Waals surface area contributed by atoms with Crippen molar-refractivity contribution in [2.45, 2.75) is 52.7 Å². The Balaban J connectivity index is 1.93. The lowest BCUT2D eigenvalue weighted by Gasteiger charge is -2.26. The van der Waals surface area contributed by atoms with Crippen LogP contribution in [0, 0.1) is 12.7 Å². The normalized spacial score (nSPS) is 12.3. The summed E-state index contributed by atoms with van der Waals surface area (Å²) in [5, 5.41) is 9.26. The second-order valence-electron chi connectivity index (χ2n) is 9.07. The van der Waals surface area contributed by atoms with Crippen LogP contribution in [0.3, 0.4) is 0 Å². The zero-order chi connectivity index (χ0) is 27.0. The predicted molar refractivity (Wildman–Crippen MR) is 139 cm³/mol. The molecule has 0 aliphatic carbocycles. The van der Waals surface area contributed by atoms with Crippen LogP contribution in [0.5, 0.6) is 5.75 Å². The van der Waals surface area contributed by atoms with E-state index >= 15 is 0 Å². The number of hydrogen-bond donors (Lipinski definition) is 0. The summed E-state index contributed by atoms with van der Waals surface area (Å²) in [5.41, 5.74) is 0.00644. The average molecular weight is 529 g/mol. The third-order valence-electron chi connectivity index (χ3n) is 6.53. The van der Waals surface area contributed by atoms with E-state index in [9.17, 15) is 18.8 Å². The number of hydrogen-bond acceptors (Lipinski definition) is 7. The maximum absolute atomic E-state index is 14.0. The lowest BCUT2D eigenvalue weighted by Crippen LogP contribution is -2.47. The fourth-order valence-electron chi connectivity index (χ4n) is 4.24. The summed E-state index contributed by atoms with van der Waals surface area (Å²) in [6.45, 7) is 7.15. The molecule has 0 aliphatic rings. The van der Waals surface area contributed by atoms with E-state index in [0.29, 0.717) is 32.1 Å². The minimum Gasteiger partial charge on any atom is -0.496 e. The molecule has 0 radical (unpaired) electrons. The van der Waals surface area contributed by atoms with Crippen LogP contribution in [0.1, 0.15) is 37.9 Å². The monoisotopic (exact) mass is 528 g/mol. The molecule has 10 nitrogen and oxygen atoms in total. The Hall–Kier alpha value is -3.80. The highest BCUT2D eigenvalue weighted by Crippen LogP contribution is 2.31. The summed E-state index contributed by atoms with van der Waals surface area (Å²) in [5.74, 6) is -0.285. The van der Waals surface area contributed by atoms with Gasteiger partial charge in [-0.1, -0.05) is 11.3 Å². The van der Waals surface area contributed by atoms with Crippen LogP contribution in [0.15, 0.2) is 40.2 Å². The van der Waals surface area contributed by atoms with E-state index in [1.807, 2.05) is 13.8 Å². The Morgan fingerprint density at radius 3 is 2.49 bits per heavy atom. The SMILES string of the molecule is COc1ccc(F)cc1CCn1c(=O)n(C(C)C(=O)N(C)C(C)C)c(=O)c2c(C)c(-n3nccn3)sc21. The lowest BCUT2D eigenvalue weighted by atomic mass is 10.1. The molecule has 3 aromatic heterocycles. The van der Waals surface area contributed by atoms with Gasteiger partial charge in [-0.3, -0.25) is 14.2 Å². The number of methoxy groups -OCH3 is 1.